The van der Waals surface area contributed by atoms with Gasteiger partial charge in [-0.05, 0) is 62.7 Å². The molecule has 1 unspecified atom stereocenters. The number of hydrogen-bond donors (Lipinski definition) is 1. The van der Waals surface area contributed by atoms with Crippen molar-refractivity contribution in [3.05, 3.63) is 52.5 Å². The van der Waals surface area contributed by atoms with Crippen LogP contribution in [0, 0.1) is 0 Å². The Morgan fingerprint density at radius 2 is 1.82 bits per heavy atom. The summed E-state index contributed by atoms with van der Waals surface area (Å²) < 4.78 is 6.55. The largest absolute Gasteiger partial charge is 0.444 e. The van der Waals surface area contributed by atoms with Crippen LogP contribution in [0.4, 0.5) is 16.3 Å². The lowest BCUT2D eigenvalue weighted by Gasteiger charge is -2.36. The monoisotopic (exact) mass is 512 g/mol. The van der Waals surface area contributed by atoms with E-state index in [9.17, 15) is 4.79 Å². The van der Waals surface area contributed by atoms with Gasteiger partial charge in [-0.1, -0.05) is 34.1 Å². The Bertz CT molecular complexity index is 1140. The minimum Gasteiger partial charge on any atom is -0.444 e. The molecule has 0 spiro atoms. The van der Waals surface area contributed by atoms with Crippen molar-refractivity contribution in [3.8, 4) is 0 Å². The van der Waals surface area contributed by atoms with Gasteiger partial charge in [0.05, 0.1) is 11.6 Å². The number of nitrogens with zero attached hydrogens (tertiary/aromatic N) is 5. The molecule has 0 bridgehead atoms. The minimum atomic E-state index is -0.490. The molecular weight excluding hydrogens is 484 g/mol. The van der Waals surface area contributed by atoms with E-state index in [-0.39, 0.29) is 12.1 Å². The van der Waals surface area contributed by atoms with Crippen LogP contribution in [0.25, 0.3) is 10.9 Å². The number of halogens is 1. The Hall–Kier alpha value is -2.94. The zero-order valence-corrected chi connectivity index (χ0v) is 21.0. The second-order valence-electron chi connectivity index (χ2n) is 9.18. The molecule has 1 aromatic heterocycles. The average Bonchev–Trinajstić information content (AvgIpc) is 2.78. The van der Waals surface area contributed by atoms with Gasteiger partial charge >= 0.3 is 6.09 Å². The van der Waals surface area contributed by atoms with Crippen LogP contribution in [0.3, 0.4) is 0 Å². The van der Waals surface area contributed by atoms with Gasteiger partial charge in [0.25, 0.3) is 0 Å². The van der Waals surface area contributed by atoms with Gasteiger partial charge < -0.3 is 19.9 Å². The zero-order chi connectivity index (χ0) is 23.6. The number of aromatic nitrogens is 3. The fourth-order valence-corrected chi connectivity index (χ4v) is 4.48. The maximum atomic E-state index is 12.4. The Morgan fingerprint density at radius 1 is 1.09 bits per heavy atom. The number of rotatable bonds is 4. The number of ether oxygens (including phenoxy) is 1. The lowest BCUT2D eigenvalue weighted by atomic mass is 10.1. The Morgan fingerprint density at radius 3 is 2.52 bits per heavy atom. The Balaban J connectivity index is 1.50. The van der Waals surface area contributed by atoms with Crippen LogP contribution >= 0.6 is 15.9 Å². The molecule has 0 radical (unpaired) electrons. The van der Waals surface area contributed by atoms with Crippen molar-refractivity contribution in [2.45, 2.75) is 39.3 Å². The summed E-state index contributed by atoms with van der Waals surface area (Å²) in [4.78, 5) is 16.4. The van der Waals surface area contributed by atoms with Crippen LogP contribution in [-0.4, -0.2) is 58.2 Å². The summed E-state index contributed by atoms with van der Waals surface area (Å²) in [6.45, 7) is 10.4. The van der Waals surface area contributed by atoms with Gasteiger partial charge in [0, 0.05) is 41.7 Å². The topological polar surface area (TPSA) is 83.5 Å². The maximum Gasteiger partial charge on any atom is 0.410 e. The molecule has 1 aliphatic rings. The van der Waals surface area contributed by atoms with Crippen molar-refractivity contribution in [2.75, 3.05) is 36.4 Å². The molecule has 4 rings (SSSR count). The fourth-order valence-electron chi connectivity index (χ4n) is 3.86. The molecule has 1 aliphatic heterocycles. The molecular formula is C24H29BrN6O2. The summed E-state index contributed by atoms with van der Waals surface area (Å²) in [6.07, 6.45) is -0.257. The highest BCUT2D eigenvalue weighted by atomic mass is 79.9. The van der Waals surface area contributed by atoms with E-state index in [1.807, 2.05) is 51.1 Å². The van der Waals surface area contributed by atoms with Gasteiger partial charge in [0.1, 0.15) is 5.60 Å². The van der Waals surface area contributed by atoms with Gasteiger partial charge in [-0.3, -0.25) is 0 Å². The first-order chi connectivity index (χ1) is 15.7. The normalized spacial score (nSPS) is 15.4. The smallest absolute Gasteiger partial charge is 0.410 e. The lowest BCUT2D eigenvalue weighted by Crippen LogP contribution is -2.50. The number of fused-ring (bicyclic) bond motifs is 1. The molecule has 8 nitrogen and oxygen atoms in total. The summed E-state index contributed by atoms with van der Waals surface area (Å²) in [5.74, 6) is 0.692. The second kappa shape index (κ2) is 9.51. The van der Waals surface area contributed by atoms with E-state index in [2.05, 4.69) is 60.6 Å². The molecule has 0 saturated carbocycles. The molecule has 3 aromatic rings. The van der Waals surface area contributed by atoms with E-state index in [0.717, 1.165) is 39.7 Å². The number of nitrogens with one attached hydrogen (secondary N) is 1. The van der Waals surface area contributed by atoms with E-state index in [1.54, 1.807) is 4.90 Å². The number of carbonyl (C=O) groups is 1. The molecule has 2 aromatic carbocycles. The van der Waals surface area contributed by atoms with Crippen molar-refractivity contribution in [1.29, 1.82) is 0 Å². The van der Waals surface area contributed by atoms with E-state index >= 15 is 0 Å². The van der Waals surface area contributed by atoms with Crippen molar-refractivity contribution >= 4 is 44.4 Å². The standard InChI is InChI=1S/C24H29BrN6O2/c1-16(18-7-5-6-8-20(18)25)26-22-19-15-17(9-10-21(19)27-29-28-22)30-11-13-31(14-12-30)23(32)33-24(2,3)4/h5-10,15-16H,11-14H2,1-4H3,(H,26,27,28). The number of carbonyl (C=O) groups excluding carboxylic acids is 1. The van der Waals surface area contributed by atoms with Crippen molar-refractivity contribution in [3.63, 3.8) is 0 Å². The zero-order valence-electron chi connectivity index (χ0n) is 19.4. The average molecular weight is 513 g/mol. The SMILES string of the molecule is CC(Nc1nnnc2ccc(N3CCN(C(=O)OC(C)(C)C)CC3)cc12)c1ccccc1Br. The van der Waals surface area contributed by atoms with E-state index in [0.29, 0.717) is 18.9 Å². The number of benzene rings is 2. The van der Waals surface area contributed by atoms with Crippen LogP contribution in [0.2, 0.25) is 0 Å². The molecule has 1 amide bonds. The molecule has 1 saturated heterocycles. The maximum absolute atomic E-state index is 12.4. The Kier molecular flexibility index (Phi) is 6.69. The second-order valence-corrected chi connectivity index (χ2v) is 10.0. The summed E-state index contributed by atoms with van der Waals surface area (Å²) in [6, 6.07) is 14.2. The third-order valence-electron chi connectivity index (χ3n) is 5.55. The Labute approximate surface area is 202 Å². The van der Waals surface area contributed by atoms with Gasteiger partial charge in [0.2, 0.25) is 0 Å². The quantitative estimate of drug-likeness (QED) is 0.525. The van der Waals surface area contributed by atoms with Crippen LogP contribution in [-0.2, 0) is 4.74 Å². The van der Waals surface area contributed by atoms with Gasteiger partial charge in [-0.15, -0.1) is 10.2 Å². The van der Waals surface area contributed by atoms with Gasteiger partial charge in [0.15, 0.2) is 5.82 Å². The molecule has 174 valence electrons. The molecule has 1 N–H and O–H groups in total. The number of anilines is 2. The number of piperazine rings is 1. The van der Waals surface area contributed by atoms with Crippen molar-refractivity contribution in [1.82, 2.24) is 20.3 Å². The first kappa shape index (κ1) is 23.2. The van der Waals surface area contributed by atoms with Crippen LogP contribution in [0.5, 0.6) is 0 Å². The number of hydrogen-bond acceptors (Lipinski definition) is 7. The highest BCUT2D eigenvalue weighted by Crippen LogP contribution is 2.30. The molecule has 2 heterocycles. The lowest BCUT2D eigenvalue weighted by molar-refractivity contribution is 0.0240. The first-order valence-corrected chi connectivity index (χ1v) is 11.9. The van der Waals surface area contributed by atoms with E-state index < -0.39 is 5.60 Å². The summed E-state index contributed by atoms with van der Waals surface area (Å²) >= 11 is 3.62. The predicted molar refractivity (Wildman–Crippen MR) is 134 cm³/mol. The first-order valence-electron chi connectivity index (χ1n) is 11.1. The summed E-state index contributed by atoms with van der Waals surface area (Å²) in [5, 5.41) is 16.8. The minimum absolute atomic E-state index is 0.0292. The van der Waals surface area contributed by atoms with E-state index in [1.165, 1.54) is 0 Å². The third kappa shape index (κ3) is 5.52. The highest BCUT2D eigenvalue weighted by molar-refractivity contribution is 9.10. The predicted octanol–water partition coefficient (Wildman–Crippen LogP) is 5.02. The fraction of sp³-hybridized carbons (Fsp3) is 0.417. The van der Waals surface area contributed by atoms with Crippen LogP contribution in [0.1, 0.15) is 39.3 Å². The van der Waals surface area contributed by atoms with Crippen molar-refractivity contribution in [2.24, 2.45) is 0 Å². The van der Waals surface area contributed by atoms with Gasteiger partial charge in [-0.2, -0.15) is 0 Å². The molecule has 1 atom stereocenters. The van der Waals surface area contributed by atoms with Gasteiger partial charge in [-0.25, -0.2) is 4.79 Å². The van der Waals surface area contributed by atoms with E-state index in [4.69, 9.17) is 4.74 Å². The third-order valence-corrected chi connectivity index (χ3v) is 6.28. The molecule has 1 fully saturated rings. The molecule has 9 heteroatoms. The van der Waals surface area contributed by atoms with Crippen LogP contribution in [0.15, 0.2) is 46.9 Å². The molecule has 33 heavy (non-hydrogen) atoms. The van der Waals surface area contributed by atoms with Crippen LogP contribution < -0.4 is 10.2 Å². The highest BCUT2D eigenvalue weighted by Gasteiger charge is 2.26. The summed E-state index contributed by atoms with van der Waals surface area (Å²) in [7, 11) is 0. The number of amides is 1. The molecule has 0 aliphatic carbocycles. The van der Waals surface area contributed by atoms with Crippen molar-refractivity contribution < 1.29 is 9.53 Å². The summed E-state index contributed by atoms with van der Waals surface area (Å²) in [5.41, 5.74) is 2.50.